The third kappa shape index (κ3) is 4.19. The predicted octanol–water partition coefficient (Wildman–Crippen LogP) is 2.99. The zero-order chi connectivity index (χ0) is 16.9. The number of nitrogens with two attached hydrogens (primary N) is 1. The van der Waals surface area contributed by atoms with E-state index in [2.05, 4.69) is 6.92 Å². The van der Waals surface area contributed by atoms with Crippen molar-refractivity contribution < 1.29 is 13.5 Å². The van der Waals surface area contributed by atoms with Gasteiger partial charge in [-0.1, -0.05) is 61.9 Å². The number of rotatable bonds is 7. The molecule has 0 bridgehead atoms. The molecule has 2 aromatic carbocycles. The zero-order valence-corrected chi connectivity index (χ0v) is 14.0. The highest BCUT2D eigenvalue weighted by Gasteiger charge is 2.28. The van der Waals surface area contributed by atoms with Gasteiger partial charge in [-0.2, -0.15) is 0 Å². The van der Waals surface area contributed by atoms with Gasteiger partial charge in [0.1, 0.15) is 0 Å². The van der Waals surface area contributed by atoms with Crippen LogP contribution in [0.25, 0.3) is 0 Å². The first-order valence-corrected chi connectivity index (χ1v) is 9.31. The molecular weight excluding hydrogens is 310 g/mol. The Balaban J connectivity index is 2.53. The van der Waals surface area contributed by atoms with E-state index in [4.69, 9.17) is 5.14 Å². The average Bonchev–Trinajstić information content (AvgIpc) is 2.55. The summed E-state index contributed by atoms with van der Waals surface area (Å²) in [6.45, 7) is 1.95. The second-order valence-corrected chi connectivity index (χ2v) is 7.21. The first-order chi connectivity index (χ1) is 11.0. The third-order valence-corrected chi connectivity index (χ3v) is 5.12. The first-order valence-electron chi connectivity index (χ1n) is 7.76. The van der Waals surface area contributed by atoms with Gasteiger partial charge in [-0.3, -0.25) is 0 Å². The molecule has 0 radical (unpaired) electrons. The maximum atomic E-state index is 11.9. The lowest BCUT2D eigenvalue weighted by atomic mass is 9.79. The van der Waals surface area contributed by atoms with E-state index < -0.39 is 10.0 Å². The van der Waals surface area contributed by atoms with Crippen LogP contribution in [0.15, 0.2) is 59.5 Å². The minimum atomic E-state index is -3.83. The SMILES string of the molecule is CCC[C@@H](c1ccccc1)[C@H](CO)c1ccccc1S(N)(=O)=O. The Morgan fingerprint density at radius 1 is 1.00 bits per heavy atom. The molecule has 0 aliphatic carbocycles. The summed E-state index contributed by atoms with van der Waals surface area (Å²) in [6.07, 6.45) is 1.79. The van der Waals surface area contributed by atoms with Gasteiger partial charge in [-0.05, 0) is 29.5 Å². The lowest BCUT2D eigenvalue weighted by Gasteiger charge is -2.27. The van der Waals surface area contributed by atoms with Gasteiger partial charge in [-0.25, -0.2) is 13.6 Å². The van der Waals surface area contributed by atoms with Crippen molar-refractivity contribution in [2.45, 2.75) is 36.5 Å². The number of aliphatic hydroxyl groups is 1. The van der Waals surface area contributed by atoms with Crippen LogP contribution in [-0.4, -0.2) is 20.1 Å². The Kier molecular flexibility index (Phi) is 5.93. The second-order valence-electron chi connectivity index (χ2n) is 5.68. The van der Waals surface area contributed by atoms with Gasteiger partial charge in [0, 0.05) is 5.92 Å². The molecule has 0 saturated heterocycles. The predicted molar refractivity (Wildman–Crippen MR) is 91.7 cm³/mol. The highest BCUT2D eigenvalue weighted by atomic mass is 32.2. The molecule has 0 spiro atoms. The molecule has 2 rings (SSSR count). The van der Waals surface area contributed by atoms with E-state index in [0.717, 1.165) is 18.4 Å². The van der Waals surface area contributed by atoms with Gasteiger partial charge in [0.25, 0.3) is 0 Å². The van der Waals surface area contributed by atoms with Crippen LogP contribution in [0.5, 0.6) is 0 Å². The summed E-state index contributed by atoms with van der Waals surface area (Å²) in [5.41, 5.74) is 1.68. The molecule has 5 heteroatoms. The molecule has 0 heterocycles. The van der Waals surface area contributed by atoms with E-state index in [1.165, 1.54) is 6.07 Å². The zero-order valence-electron chi connectivity index (χ0n) is 13.2. The van der Waals surface area contributed by atoms with E-state index in [1.807, 2.05) is 30.3 Å². The smallest absolute Gasteiger partial charge is 0.238 e. The fourth-order valence-electron chi connectivity index (χ4n) is 3.10. The first kappa shape index (κ1) is 17.7. The molecule has 0 aromatic heterocycles. The van der Waals surface area contributed by atoms with Gasteiger partial charge >= 0.3 is 0 Å². The molecule has 3 N–H and O–H groups in total. The Labute approximate surface area is 138 Å². The van der Waals surface area contributed by atoms with E-state index >= 15 is 0 Å². The molecule has 2 aromatic rings. The van der Waals surface area contributed by atoms with E-state index in [-0.39, 0.29) is 23.3 Å². The van der Waals surface area contributed by atoms with Crippen LogP contribution >= 0.6 is 0 Å². The summed E-state index contributed by atoms with van der Waals surface area (Å²) in [5, 5.41) is 15.3. The van der Waals surface area contributed by atoms with Crippen LogP contribution in [-0.2, 0) is 10.0 Å². The van der Waals surface area contributed by atoms with Gasteiger partial charge in [0.15, 0.2) is 0 Å². The summed E-state index contributed by atoms with van der Waals surface area (Å²) >= 11 is 0. The lowest BCUT2D eigenvalue weighted by Crippen LogP contribution is -2.21. The van der Waals surface area contributed by atoms with Crippen molar-refractivity contribution in [3.05, 3.63) is 65.7 Å². The number of benzene rings is 2. The minimum Gasteiger partial charge on any atom is -0.396 e. The minimum absolute atomic E-state index is 0.0362. The van der Waals surface area contributed by atoms with Gasteiger partial charge in [0.05, 0.1) is 11.5 Å². The molecular formula is C18H23NO3S. The van der Waals surface area contributed by atoms with Crippen LogP contribution in [0.1, 0.15) is 42.7 Å². The maximum Gasteiger partial charge on any atom is 0.238 e. The Morgan fingerprint density at radius 3 is 2.17 bits per heavy atom. The van der Waals surface area contributed by atoms with E-state index in [9.17, 15) is 13.5 Å². The normalized spacial score (nSPS) is 14.4. The van der Waals surface area contributed by atoms with Crippen molar-refractivity contribution in [2.75, 3.05) is 6.61 Å². The molecule has 0 aliphatic heterocycles. The van der Waals surface area contributed by atoms with E-state index in [1.54, 1.807) is 18.2 Å². The number of aliphatic hydroxyl groups excluding tert-OH is 1. The Bertz CT molecular complexity index is 729. The van der Waals surface area contributed by atoms with Crippen LogP contribution in [0.3, 0.4) is 0 Å². The van der Waals surface area contributed by atoms with Crippen molar-refractivity contribution in [3.63, 3.8) is 0 Å². The van der Waals surface area contributed by atoms with Gasteiger partial charge in [-0.15, -0.1) is 0 Å². The largest absolute Gasteiger partial charge is 0.396 e. The van der Waals surface area contributed by atoms with Crippen LogP contribution in [0, 0.1) is 0 Å². The average molecular weight is 333 g/mol. The van der Waals surface area contributed by atoms with Gasteiger partial charge in [0.2, 0.25) is 10.0 Å². The Hall–Kier alpha value is -1.69. The molecule has 0 amide bonds. The van der Waals surface area contributed by atoms with Crippen molar-refractivity contribution >= 4 is 10.0 Å². The monoisotopic (exact) mass is 333 g/mol. The molecule has 0 saturated carbocycles. The van der Waals surface area contributed by atoms with Crippen molar-refractivity contribution in [2.24, 2.45) is 5.14 Å². The highest BCUT2D eigenvalue weighted by molar-refractivity contribution is 7.89. The maximum absolute atomic E-state index is 11.9. The van der Waals surface area contributed by atoms with Crippen molar-refractivity contribution in [1.82, 2.24) is 0 Å². The lowest BCUT2D eigenvalue weighted by molar-refractivity contribution is 0.242. The summed E-state index contributed by atoms with van der Waals surface area (Å²) in [4.78, 5) is 0.0936. The number of sulfonamides is 1. The molecule has 4 nitrogen and oxygen atoms in total. The molecule has 0 fully saturated rings. The summed E-state index contributed by atoms with van der Waals surface area (Å²) in [7, 11) is -3.83. The molecule has 0 aliphatic rings. The molecule has 124 valence electrons. The Morgan fingerprint density at radius 2 is 1.61 bits per heavy atom. The number of hydrogen-bond acceptors (Lipinski definition) is 3. The fraction of sp³-hybridized carbons (Fsp3) is 0.333. The second kappa shape index (κ2) is 7.73. The standard InChI is InChI=1S/C18H23NO3S/c1-2-8-15(14-9-4-3-5-10-14)17(13-20)16-11-6-7-12-18(16)23(19,21)22/h3-7,9-12,15,17,20H,2,8,13H2,1H3,(H2,19,21,22)/t15-,17-/m0/s1. The summed E-state index contributed by atoms with van der Waals surface area (Å²) < 4.78 is 23.8. The molecule has 2 atom stereocenters. The molecule has 23 heavy (non-hydrogen) atoms. The van der Waals surface area contributed by atoms with Crippen LogP contribution in [0.2, 0.25) is 0 Å². The van der Waals surface area contributed by atoms with E-state index in [0.29, 0.717) is 5.56 Å². The highest BCUT2D eigenvalue weighted by Crippen LogP contribution is 2.38. The van der Waals surface area contributed by atoms with Crippen LogP contribution in [0.4, 0.5) is 0 Å². The van der Waals surface area contributed by atoms with Crippen molar-refractivity contribution in [1.29, 1.82) is 0 Å². The molecule has 0 unspecified atom stereocenters. The third-order valence-electron chi connectivity index (χ3n) is 4.13. The van der Waals surface area contributed by atoms with Gasteiger partial charge < -0.3 is 5.11 Å². The number of primary sulfonamides is 1. The summed E-state index contributed by atoms with van der Waals surface area (Å²) in [5.74, 6) is -0.277. The fourth-order valence-corrected chi connectivity index (χ4v) is 3.92. The van der Waals surface area contributed by atoms with Crippen LogP contribution < -0.4 is 5.14 Å². The quantitative estimate of drug-likeness (QED) is 0.817. The van der Waals surface area contributed by atoms with Crippen molar-refractivity contribution in [3.8, 4) is 0 Å². The summed E-state index contributed by atoms with van der Waals surface area (Å²) in [6, 6.07) is 16.6. The topological polar surface area (TPSA) is 80.4 Å². The number of hydrogen-bond donors (Lipinski definition) is 2.